The van der Waals surface area contributed by atoms with Crippen LogP contribution >= 0.6 is 0 Å². The molecule has 1 atom stereocenters. The molecule has 5 heteroatoms. The monoisotopic (exact) mass is 520 g/mol. The average Bonchev–Trinajstić information content (AvgIpc) is 2.98. The number of aromatic nitrogens is 1. The van der Waals surface area contributed by atoms with E-state index in [1.165, 1.54) is 6.07 Å². The van der Waals surface area contributed by atoms with Crippen molar-refractivity contribution in [3.63, 3.8) is 0 Å². The number of nitrogens with zero attached hydrogens (tertiary/aromatic N) is 1. The lowest BCUT2D eigenvalue weighted by molar-refractivity contribution is -0.0514. The molecule has 1 heterocycles. The number of halogens is 2. The second-order valence-electron chi connectivity index (χ2n) is 9.67. The zero-order valence-corrected chi connectivity index (χ0v) is 21.7. The van der Waals surface area contributed by atoms with E-state index in [0.29, 0.717) is 17.7 Å². The molecule has 0 saturated carbocycles. The fourth-order valence-electron chi connectivity index (χ4n) is 4.81. The highest BCUT2D eigenvalue weighted by molar-refractivity contribution is 5.41. The number of hydrogen-bond acceptors (Lipinski definition) is 3. The third kappa shape index (κ3) is 6.11. The van der Waals surface area contributed by atoms with Crippen LogP contribution in [0.25, 0.3) is 0 Å². The topological polar surface area (TPSA) is 34.1 Å². The molecule has 0 radical (unpaired) electrons. The lowest BCUT2D eigenvalue weighted by atomic mass is 9.80. The summed E-state index contributed by atoms with van der Waals surface area (Å²) in [5, 5.41) is 0. The van der Waals surface area contributed by atoms with Gasteiger partial charge < -0.3 is 0 Å². The molecular weight excluding hydrogens is 490 g/mol. The first-order valence-electron chi connectivity index (χ1n) is 12.9. The van der Waals surface area contributed by atoms with E-state index < -0.39 is 17.6 Å². The third-order valence-electron chi connectivity index (χ3n) is 6.83. The summed E-state index contributed by atoms with van der Waals surface area (Å²) in [7, 11) is 0. The molecule has 1 unspecified atom stereocenters. The van der Waals surface area contributed by atoms with E-state index in [1.807, 2.05) is 115 Å². The Balaban J connectivity index is 1.66. The lowest BCUT2D eigenvalue weighted by Gasteiger charge is -2.37. The van der Waals surface area contributed by atoms with Crippen molar-refractivity contribution in [2.75, 3.05) is 0 Å². The van der Waals surface area contributed by atoms with Gasteiger partial charge in [-0.1, -0.05) is 115 Å². The quantitative estimate of drug-likeness (QED) is 0.190. The minimum absolute atomic E-state index is 0.0714. The highest BCUT2D eigenvalue weighted by Gasteiger charge is 2.39. The van der Waals surface area contributed by atoms with Crippen molar-refractivity contribution in [3.05, 3.63) is 173 Å². The largest absolute Gasteiger partial charge is 0.288 e. The van der Waals surface area contributed by atoms with Crippen LogP contribution in [0.5, 0.6) is 0 Å². The molecule has 0 aliphatic rings. The van der Waals surface area contributed by atoms with Crippen LogP contribution in [0.15, 0.2) is 140 Å². The molecule has 5 rings (SSSR count). The number of benzene rings is 4. The molecule has 1 aromatic heterocycles. The van der Waals surface area contributed by atoms with Gasteiger partial charge in [-0.15, -0.1) is 0 Å². The van der Waals surface area contributed by atoms with E-state index in [2.05, 4.69) is 5.48 Å². The van der Waals surface area contributed by atoms with E-state index >= 15 is 0 Å². The Morgan fingerprint density at radius 2 is 1.26 bits per heavy atom. The molecular formula is C34H30F2N2O. The Morgan fingerprint density at radius 1 is 0.692 bits per heavy atom. The van der Waals surface area contributed by atoms with E-state index in [-0.39, 0.29) is 5.56 Å². The van der Waals surface area contributed by atoms with Crippen LogP contribution in [0.4, 0.5) is 8.78 Å². The number of hydroxylamine groups is 1. The number of hydrogen-bond donors (Lipinski definition) is 1. The first-order chi connectivity index (χ1) is 19.0. The average molecular weight is 521 g/mol. The number of alkyl halides is 2. The third-order valence-corrected chi connectivity index (χ3v) is 6.83. The smallest absolute Gasteiger partial charge is 0.270 e. The van der Waals surface area contributed by atoms with Gasteiger partial charge in [0.1, 0.15) is 11.6 Å². The lowest BCUT2D eigenvalue weighted by Crippen LogP contribution is -2.47. The van der Waals surface area contributed by atoms with Crippen LogP contribution in [-0.2, 0) is 22.7 Å². The maximum atomic E-state index is 14.5. The van der Waals surface area contributed by atoms with Crippen molar-refractivity contribution in [2.45, 2.75) is 30.9 Å². The van der Waals surface area contributed by atoms with Crippen LogP contribution in [-0.4, -0.2) is 4.98 Å². The van der Waals surface area contributed by atoms with Gasteiger partial charge in [0.15, 0.2) is 0 Å². The highest BCUT2D eigenvalue weighted by atomic mass is 19.3. The van der Waals surface area contributed by atoms with Gasteiger partial charge in [-0.2, -0.15) is 5.48 Å². The van der Waals surface area contributed by atoms with E-state index in [4.69, 9.17) is 9.82 Å². The summed E-state index contributed by atoms with van der Waals surface area (Å²) in [6.45, 7) is 0.913. The Kier molecular flexibility index (Phi) is 7.92. The normalized spacial score (nSPS) is 13.2. The molecule has 0 aliphatic carbocycles. The first kappa shape index (κ1) is 26.4. The van der Waals surface area contributed by atoms with Crippen LogP contribution in [0.1, 0.15) is 46.5 Å². The summed E-state index contributed by atoms with van der Waals surface area (Å²) in [5.41, 5.74) is 6.44. The summed E-state index contributed by atoms with van der Waals surface area (Å²) in [5.74, 6) is -3.00. The SMILES string of the molecule is CC(F)(F)c1cccc(C(Cc2ccccc2)(NOC(c2ccccc2)c2ccccc2)c2ccccn2)c1. The molecule has 0 fully saturated rings. The van der Waals surface area contributed by atoms with Gasteiger partial charge in [0.25, 0.3) is 5.92 Å². The molecule has 196 valence electrons. The molecule has 0 saturated heterocycles. The van der Waals surface area contributed by atoms with Gasteiger partial charge in [0.05, 0.1) is 5.69 Å². The van der Waals surface area contributed by atoms with Crippen molar-refractivity contribution >= 4 is 0 Å². The summed E-state index contributed by atoms with van der Waals surface area (Å²) in [4.78, 5) is 11.3. The minimum atomic E-state index is -3.00. The molecule has 4 aromatic carbocycles. The van der Waals surface area contributed by atoms with Gasteiger partial charge >= 0.3 is 0 Å². The number of pyridine rings is 1. The highest BCUT2D eigenvalue weighted by Crippen LogP contribution is 2.37. The van der Waals surface area contributed by atoms with Crippen LogP contribution < -0.4 is 5.48 Å². The van der Waals surface area contributed by atoms with Crippen molar-refractivity contribution < 1.29 is 13.6 Å². The van der Waals surface area contributed by atoms with Gasteiger partial charge in [-0.3, -0.25) is 9.82 Å². The van der Waals surface area contributed by atoms with E-state index in [1.54, 1.807) is 18.3 Å². The maximum absolute atomic E-state index is 14.5. The molecule has 5 aromatic rings. The summed E-state index contributed by atoms with van der Waals surface area (Å²) in [6, 6.07) is 41.9. The Bertz CT molecular complexity index is 1420. The van der Waals surface area contributed by atoms with Crippen molar-refractivity contribution in [1.82, 2.24) is 10.5 Å². The Morgan fingerprint density at radius 3 is 1.82 bits per heavy atom. The molecule has 0 amide bonds. The van der Waals surface area contributed by atoms with Crippen molar-refractivity contribution in [1.29, 1.82) is 0 Å². The Labute approximate surface area is 228 Å². The maximum Gasteiger partial charge on any atom is 0.270 e. The zero-order chi connectivity index (χ0) is 27.1. The second-order valence-corrected chi connectivity index (χ2v) is 9.67. The molecule has 0 spiro atoms. The molecule has 3 nitrogen and oxygen atoms in total. The molecule has 1 N–H and O–H groups in total. The molecule has 0 bridgehead atoms. The molecule has 39 heavy (non-hydrogen) atoms. The summed E-state index contributed by atoms with van der Waals surface area (Å²) < 4.78 is 29.1. The number of nitrogens with one attached hydrogen (secondary N) is 1. The fraction of sp³-hybridized carbons (Fsp3) is 0.147. The van der Waals surface area contributed by atoms with E-state index in [9.17, 15) is 8.78 Å². The first-order valence-corrected chi connectivity index (χ1v) is 12.9. The van der Waals surface area contributed by atoms with Gasteiger partial charge in [-0.25, -0.2) is 8.78 Å². The predicted molar refractivity (Wildman–Crippen MR) is 150 cm³/mol. The summed E-state index contributed by atoms with van der Waals surface area (Å²) in [6.07, 6.45) is 1.67. The van der Waals surface area contributed by atoms with Gasteiger partial charge in [-0.05, 0) is 40.5 Å². The van der Waals surface area contributed by atoms with Crippen LogP contribution in [0.2, 0.25) is 0 Å². The van der Waals surface area contributed by atoms with Crippen molar-refractivity contribution in [2.24, 2.45) is 0 Å². The van der Waals surface area contributed by atoms with E-state index in [0.717, 1.165) is 23.6 Å². The summed E-state index contributed by atoms with van der Waals surface area (Å²) >= 11 is 0. The van der Waals surface area contributed by atoms with Crippen LogP contribution in [0, 0.1) is 0 Å². The predicted octanol–water partition coefficient (Wildman–Crippen LogP) is 7.99. The van der Waals surface area contributed by atoms with Crippen LogP contribution in [0.3, 0.4) is 0 Å². The minimum Gasteiger partial charge on any atom is -0.288 e. The van der Waals surface area contributed by atoms with Gasteiger partial charge in [0, 0.05) is 25.1 Å². The standard InChI is InChI=1S/C34H30F2N2O/c1-33(35,36)29-20-13-21-30(24-29)34(31-22-11-12-23-37-31,25-26-14-5-2-6-15-26)38-39-32(27-16-7-3-8-17-27)28-18-9-4-10-19-28/h2-24,32,38H,25H2,1H3. The number of rotatable bonds is 10. The van der Waals surface area contributed by atoms with Crippen molar-refractivity contribution in [3.8, 4) is 0 Å². The zero-order valence-electron chi connectivity index (χ0n) is 21.7. The molecule has 0 aliphatic heterocycles. The fourth-order valence-corrected chi connectivity index (χ4v) is 4.81. The van der Waals surface area contributed by atoms with Gasteiger partial charge in [0.2, 0.25) is 0 Å². The second kappa shape index (κ2) is 11.7. The Hall–Kier alpha value is -4.19.